The number of fused-ring (bicyclic) bond motifs is 1. The van der Waals surface area contributed by atoms with Gasteiger partial charge in [0.05, 0.1) is 34.8 Å². The monoisotopic (exact) mass is 357 g/mol. The van der Waals surface area contributed by atoms with Gasteiger partial charge in [0.1, 0.15) is 21.6 Å². The zero-order chi connectivity index (χ0) is 17.3. The van der Waals surface area contributed by atoms with E-state index >= 15 is 0 Å². The van der Waals surface area contributed by atoms with Crippen molar-refractivity contribution in [1.29, 1.82) is 5.26 Å². The van der Waals surface area contributed by atoms with Crippen molar-refractivity contribution in [3.8, 4) is 23.1 Å². The molecule has 0 spiro atoms. The number of halogens is 1. The third kappa shape index (κ3) is 2.96. The summed E-state index contributed by atoms with van der Waals surface area (Å²) in [6.45, 7) is 1.78. The summed E-state index contributed by atoms with van der Waals surface area (Å²) < 4.78 is 16.9. The molecule has 0 fully saturated rings. The van der Waals surface area contributed by atoms with E-state index in [-0.39, 0.29) is 0 Å². The third-order valence-corrected chi connectivity index (χ3v) is 4.71. The van der Waals surface area contributed by atoms with Gasteiger partial charge in [-0.05, 0) is 54.0 Å². The Kier molecular flexibility index (Phi) is 4.47. The maximum Gasteiger partial charge on any atom is 0.147 e. The number of hydrogen-bond donors (Lipinski definition) is 0. The first-order chi connectivity index (χ1) is 11.5. The normalized spacial score (nSPS) is 11.9. The summed E-state index contributed by atoms with van der Waals surface area (Å²) in [6.07, 6.45) is 0. The fraction of sp³-hybridized carbons (Fsp3) is 0.118. The Morgan fingerprint density at radius 3 is 2.67 bits per heavy atom. The van der Waals surface area contributed by atoms with Crippen molar-refractivity contribution >= 4 is 31.6 Å². The van der Waals surface area contributed by atoms with Crippen LogP contribution < -0.4 is 4.74 Å². The van der Waals surface area contributed by atoms with E-state index in [9.17, 15) is 4.21 Å². The average Bonchev–Trinajstić information content (AvgIpc) is 2.59. The fourth-order valence-corrected chi connectivity index (χ4v) is 3.15. The molecule has 0 radical (unpaired) electrons. The topological polar surface area (TPSA) is 75.9 Å². The SMILES string of the molecule is COc1cc(C#N)ccc1-c1nc(C)nc2cc(S(=O)Cl)ccc12. The molecule has 7 heteroatoms. The fourth-order valence-electron chi connectivity index (χ4n) is 2.49. The summed E-state index contributed by atoms with van der Waals surface area (Å²) in [6, 6.07) is 12.4. The molecule has 0 saturated heterocycles. The lowest BCUT2D eigenvalue weighted by Crippen LogP contribution is -1.97. The number of aryl methyl sites for hydroxylation is 1. The highest BCUT2D eigenvalue weighted by Gasteiger charge is 2.14. The van der Waals surface area contributed by atoms with Crippen LogP contribution in [0, 0.1) is 18.3 Å². The zero-order valence-corrected chi connectivity index (χ0v) is 14.5. The third-order valence-electron chi connectivity index (χ3n) is 3.55. The van der Waals surface area contributed by atoms with Crippen molar-refractivity contribution in [2.75, 3.05) is 7.11 Å². The van der Waals surface area contributed by atoms with E-state index in [0.29, 0.717) is 33.2 Å². The van der Waals surface area contributed by atoms with Crippen molar-refractivity contribution < 1.29 is 8.95 Å². The van der Waals surface area contributed by atoms with E-state index in [1.165, 1.54) is 0 Å². The number of nitrogens with zero attached hydrogens (tertiary/aromatic N) is 3. The van der Waals surface area contributed by atoms with Gasteiger partial charge >= 0.3 is 0 Å². The van der Waals surface area contributed by atoms with E-state index in [0.717, 1.165) is 10.9 Å². The summed E-state index contributed by atoms with van der Waals surface area (Å²) in [5.41, 5.74) is 2.60. The van der Waals surface area contributed by atoms with Crippen LogP contribution in [0.2, 0.25) is 0 Å². The van der Waals surface area contributed by atoms with Gasteiger partial charge in [0.2, 0.25) is 0 Å². The second-order valence-corrected chi connectivity index (χ2v) is 6.81. The van der Waals surface area contributed by atoms with Crippen LogP contribution in [-0.4, -0.2) is 21.3 Å². The standard InChI is InChI=1S/C17H12ClN3O2S/c1-10-20-15-8-12(24(18)22)4-6-13(15)17(21-10)14-5-3-11(9-19)7-16(14)23-2/h3-8H,1-2H3. The Labute approximate surface area is 145 Å². The molecule has 0 aliphatic carbocycles. The van der Waals surface area contributed by atoms with E-state index in [2.05, 4.69) is 16.0 Å². The molecule has 24 heavy (non-hydrogen) atoms. The largest absolute Gasteiger partial charge is 0.496 e. The van der Waals surface area contributed by atoms with Gasteiger partial charge in [0, 0.05) is 10.9 Å². The maximum atomic E-state index is 11.5. The molecule has 3 rings (SSSR count). The molecule has 0 N–H and O–H groups in total. The Balaban J connectivity index is 2.30. The van der Waals surface area contributed by atoms with Gasteiger partial charge in [-0.15, -0.1) is 0 Å². The van der Waals surface area contributed by atoms with E-state index in [1.807, 2.05) is 0 Å². The van der Waals surface area contributed by atoms with Gasteiger partial charge in [-0.1, -0.05) is 0 Å². The summed E-state index contributed by atoms with van der Waals surface area (Å²) in [4.78, 5) is 9.41. The van der Waals surface area contributed by atoms with Crippen LogP contribution in [-0.2, 0) is 10.0 Å². The first-order valence-corrected chi connectivity index (χ1v) is 8.96. The van der Waals surface area contributed by atoms with Crippen molar-refractivity contribution in [3.05, 3.63) is 47.8 Å². The highest BCUT2D eigenvalue weighted by atomic mass is 35.7. The van der Waals surface area contributed by atoms with Gasteiger partial charge in [-0.25, -0.2) is 14.2 Å². The highest BCUT2D eigenvalue weighted by molar-refractivity contribution is 8.08. The van der Waals surface area contributed by atoms with Crippen LogP contribution in [0.4, 0.5) is 0 Å². The lowest BCUT2D eigenvalue weighted by Gasteiger charge is -2.12. The molecule has 2 aromatic carbocycles. The summed E-state index contributed by atoms with van der Waals surface area (Å²) in [5, 5.41) is 9.83. The number of aromatic nitrogens is 2. The van der Waals surface area contributed by atoms with Gasteiger partial charge < -0.3 is 4.74 Å². The number of benzene rings is 2. The minimum atomic E-state index is -1.60. The number of nitriles is 1. The predicted octanol–water partition coefficient (Wildman–Crippen LogP) is 3.75. The van der Waals surface area contributed by atoms with Crippen molar-refractivity contribution in [2.24, 2.45) is 0 Å². The van der Waals surface area contributed by atoms with Crippen LogP contribution in [0.1, 0.15) is 11.4 Å². The van der Waals surface area contributed by atoms with Gasteiger partial charge in [-0.3, -0.25) is 0 Å². The zero-order valence-electron chi connectivity index (χ0n) is 12.9. The first kappa shape index (κ1) is 16.4. The number of methoxy groups -OCH3 is 1. The number of ether oxygens (including phenoxy) is 1. The van der Waals surface area contributed by atoms with Gasteiger partial charge in [-0.2, -0.15) is 5.26 Å². The molecular formula is C17H12ClN3O2S. The highest BCUT2D eigenvalue weighted by Crippen LogP contribution is 2.34. The molecule has 0 saturated carbocycles. The molecule has 0 amide bonds. The Morgan fingerprint density at radius 1 is 1.21 bits per heavy atom. The Bertz CT molecular complexity index is 1010. The number of rotatable bonds is 3. The lowest BCUT2D eigenvalue weighted by atomic mass is 10.0. The van der Waals surface area contributed by atoms with Crippen molar-refractivity contribution in [3.63, 3.8) is 0 Å². The summed E-state index contributed by atoms with van der Waals surface area (Å²) in [5.74, 6) is 1.12. The molecule has 1 aromatic heterocycles. The molecular weight excluding hydrogens is 346 g/mol. The maximum absolute atomic E-state index is 11.5. The molecule has 1 atom stereocenters. The molecule has 5 nitrogen and oxygen atoms in total. The minimum Gasteiger partial charge on any atom is -0.496 e. The summed E-state index contributed by atoms with van der Waals surface area (Å²) in [7, 11) is 5.60. The van der Waals surface area contributed by atoms with Crippen molar-refractivity contribution in [2.45, 2.75) is 11.8 Å². The number of hydrogen-bond acceptors (Lipinski definition) is 5. The minimum absolute atomic E-state index is 0.486. The molecule has 0 aliphatic heterocycles. The smallest absolute Gasteiger partial charge is 0.147 e. The van der Waals surface area contributed by atoms with E-state index in [4.69, 9.17) is 20.7 Å². The quantitative estimate of drug-likeness (QED) is 0.667. The second-order valence-electron chi connectivity index (χ2n) is 5.05. The molecule has 120 valence electrons. The Hall–Kier alpha value is -2.49. The summed E-state index contributed by atoms with van der Waals surface area (Å²) >= 11 is 0. The van der Waals surface area contributed by atoms with Crippen LogP contribution in [0.3, 0.4) is 0 Å². The molecule has 0 aliphatic rings. The lowest BCUT2D eigenvalue weighted by molar-refractivity contribution is 0.416. The van der Waals surface area contributed by atoms with Crippen LogP contribution in [0.25, 0.3) is 22.2 Å². The van der Waals surface area contributed by atoms with Crippen molar-refractivity contribution in [1.82, 2.24) is 9.97 Å². The van der Waals surface area contributed by atoms with E-state index in [1.54, 1.807) is 50.4 Å². The molecule has 1 unspecified atom stereocenters. The predicted molar refractivity (Wildman–Crippen MR) is 93.2 cm³/mol. The van der Waals surface area contributed by atoms with Crippen LogP contribution in [0.5, 0.6) is 5.75 Å². The average molecular weight is 358 g/mol. The molecule has 0 bridgehead atoms. The Morgan fingerprint density at radius 2 is 2.00 bits per heavy atom. The van der Waals surface area contributed by atoms with Gasteiger partial charge in [0.25, 0.3) is 0 Å². The van der Waals surface area contributed by atoms with Crippen LogP contribution >= 0.6 is 10.7 Å². The van der Waals surface area contributed by atoms with Gasteiger partial charge in [0.15, 0.2) is 0 Å². The second kappa shape index (κ2) is 6.56. The molecule has 3 aromatic rings. The molecule has 1 heterocycles. The van der Waals surface area contributed by atoms with E-state index < -0.39 is 10.0 Å². The van der Waals surface area contributed by atoms with Crippen LogP contribution in [0.15, 0.2) is 41.3 Å². The first-order valence-electron chi connectivity index (χ1n) is 6.98.